The Morgan fingerprint density at radius 2 is 2.00 bits per heavy atom. The van der Waals surface area contributed by atoms with Crippen molar-refractivity contribution in [3.8, 4) is 0 Å². The van der Waals surface area contributed by atoms with Gasteiger partial charge < -0.3 is 10.6 Å². The van der Waals surface area contributed by atoms with Gasteiger partial charge in [-0.3, -0.25) is 14.4 Å². The van der Waals surface area contributed by atoms with Crippen molar-refractivity contribution >= 4 is 5.91 Å². The first-order valence-electron chi connectivity index (χ1n) is 8.81. The molecule has 0 saturated carbocycles. The molecule has 1 atom stereocenters. The molecule has 1 amide bonds. The molecule has 0 fully saturated rings. The van der Waals surface area contributed by atoms with E-state index in [9.17, 15) is 4.79 Å². The Morgan fingerprint density at radius 3 is 2.60 bits per heavy atom. The van der Waals surface area contributed by atoms with Crippen molar-refractivity contribution in [3.63, 3.8) is 0 Å². The van der Waals surface area contributed by atoms with E-state index in [4.69, 9.17) is 0 Å². The number of amides is 1. The first-order chi connectivity index (χ1) is 12.1. The molecule has 0 radical (unpaired) electrons. The third-order valence-corrected chi connectivity index (χ3v) is 4.37. The van der Waals surface area contributed by atoms with E-state index in [1.54, 1.807) is 17.9 Å². The van der Waals surface area contributed by atoms with Crippen molar-refractivity contribution in [1.29, 1.82) is 0 Å². The lowest BCUT2D eigenvalue weighted by atomic mass is 10.1. The van der Waals surface area contributed by atoms with Gasteiger partial charge in [-0.05, 0) is 31.3 Å². The molecule has 2 aromatic rings. The lowest BCUT2D eigenvalue weighted by molar-refractivity contribution is -0.123. The number of carbonyl (C=O) groups is 1. The van der Waals surface area contributed by atoms with Gasteiger partial charge in [-0.15, -0.1) is 0 Å². The van der Waals surface area contributed by atoms with E-state index in [1.807, 2.05) is 19.3 Å². The van der Waals surface area contributed by atoms with E-state index < -0.39 is 6.04 Å². The Kier molecular flexibility index (Phi) is 7.16. The summed E-state index contributed by atoms with van der Waals surface area (Å²) < 4.78 is 1.70. The third kappa shape index (κ3) is 5.41. The Bertz CT molecular complexity index is 678. The highest BCUT2D eigenvalue weighted by molar-refractivity contribution is 5.83. The van der Waals surface area contributed by atoms with Crippen LogP contribution in [-0.4, -0.2) is 40.7 Å². The summed E-state index contributed by atoms with van der Waals surface area (Å²) in [6, 6.07) is 8.00. The molecule has 1 unspecified atom stereocenters. The van der Waals surface area contributed by atoms with Crippen molar-refractivity contribution in [2.75, 3.05) is 20.1 Å². The standard InChI is InChI=1S/C19H29N5O/c1-5-24(6-2)13-16-9-7-8-15(10-16)11-21-19(25)18(20-3)17-12-22-23(4)14-17/h7-10,12,14,18,20H,5-6,11,13H2,1-4H3,(H,21,25). The number of hydrogen-bond acceptors (Lipinski definition) is 4. The molecular formula is C19H29N5O. The van der Waals surface area contributed by atoms with E-state index in [0.29, 0.717) is 6.54 Å². The summed E-state index contributed by atoms with van der Waals surface area (Å²) in [6.45, 7) is 7.86. The maximum atomic E-state index is 12.5. The Morgan fingerprint density at radius 1 is 1.28 bits per heavy atom. The van der Waals surface area contributed by atoms with Crippen molar-refractivity contribution in [2.24, 2.45) is 7.05 Å². The van der Waals surface area contributed by atoms with Crippen molar-refractivity contribution in [2.45, 2.75) is 33.0 Å². The SMILES string of the molecule is CCN(CC)Cc1cccc(CNC(=O)C(NC)c2cnn(C)c2)c1. The summed E-state index contributed by atoms with van der Waals surface area (Å²) in [7, 11) is 3.62. The molecule has 2 rings (SSSR count). The Hall–Kier alpha value is -2.18. The van der Waals surface area contributed by atoms with Crippen LogP contribution in [0.25, 0.3) is 0 Å². The number of aromatic nitrogens is 2. The molecule has 2 N–H and O–H groups in total. The summed E-state index contributed by atoms with van der Waals surface area (Å²) in [4.78, 5) is 14.9. The number of hydrogen-bond donors (Lipinski definition) is 2. The van der Waals surface area contributed by atoms with E-state index >= 15 is 0 Å². The zero-order valence-electron chi connectivity index (χ0n) is 15.6. The van der Waals surface area contributed by atoms with Gasteiger partial charge in [0.15, 0.2) is 0 Å². The first kappa shape index (κ1) is 19.1. The third-order valence-electron chi connectivity index (χ3n) is 4.37. The minimum absolute atomic E-state index is 0.0513. The number of rotatable bonds is 9. The molecule has 0 bridgehead atoms. The Balaban J connectivity index is 1.97. The fourth-order valence-corrected chi connectivity index (χ4v) is 2.87. The number of nitrogens with one attached hydrogen (secondary N) is 2. The average Bonchev–Trinajstić information content (AvgIpc) is 3.05. The molecule has 6 nitrogen and oxygen atoms in total. The normalized spacial score (nSPS) is 12.4. The molecule has 0 aliphatic carbocycles. The van der Waals surface area contributed by atoms with Crippen LogP contribution in [0.5, 0.6) is 0 Å². The van der Waals surface area contributed by atoms with Gasteiger partial charge in [0.2, 0.25) is 5.91 Å². The molecule has 25 heavy (non-hydrogen) atoms. The van der Waals surface area contributed by atoms with Gasteiger partial charge in [-0.25, -0.2) is 0 Å². The monoisotopic (exact) mass is 343 g/mol. The lowest BCUT2D eigenvalue weighted by Gasteiger charge is -2.18. The molecule has 0 aliphatic rings. The van der Waals surface area contributed by atoms with Crippen LogP contribution in [0.2, 0.25) is 0 Å². The number of benzene rings is 1. The molecular weight excluding hydrogens is 314 g/mol. The summed E-state index contributed by atoms with van der Waals surface area (Å²) in [6.07, 6.45) is 3.57. The topological polar surface area (TPSA) is 62.2 Å². The van der Waals surface area contributed by atoms with Gasteiger partial charge >= 0.3 is 0 Å². The molecule has 1 aromatic carbocycles. The highest BCUT2D eigenvalue weighted by Crippen LogP contribution is 2.12. The summed E-state index contributed by atoms with van der Waals surface area (Å²) in [5.74, 6) is -0.0513. The van der Waals surface area contributed by atoms with Crippen LogP contribution in [0.4, 0.5) is 0 Å². The number of likely N-dealkylation sites (N-methyl/N-ethyl adjacent to an activating group) is 1. The summed E-state index contributed by atoms with van der Waals surface area (Å²) in [5.41, 5.74) is 3.24. The predicted molar refractivity (Wildman–Crippen MR) is 99.9 cm³/mol. The average molecular weight is 343 g/mol. The van der Waals surface area contributed by atoms with Crippen LogP contribution in [0, 0.1) is 0 Å². The maximum absolute atomic E-state index is 12.5. The molecule has 0 saturated heterocycles. The fraction of sp³-hybridized carbons (Fsp3) is 0.474. The largest absolute Gasteiger partial charge is 0.350 e. The van der Waals surface area contributed by atoms with Crippen LogP contribution in [0.3, 0.4) is 0 Å². The quantitative estimate of drug-likeness (QED) is 0.729. The molecule has 136 valence electrons. The summed E-state index contributed by atoms with van der Waals surface area (Å²) in [5, 5.41) is 10.2. The van der Waals surface area contributed by atoms with Crippen LogP contribution in [0.1, 0.15) is 36.6 Å². The van der Waals surface area contributed by atoms with Gasteiger partial charge in [0.05, 0.1) is 6.20 Å². The minimum Gasteiger partial charge on any atom is -0.350 e. The van der Waals surface area contributed by atoms with Crippen molar-refractivity contribution < 1.29 is 4.79 Å². The minimum atomic E-state index is -0.396. The number of aryl methyl sites for hydroxylation is 1. The van der Waals surface area contributed by atoms with Gasteiger partial charge in [0, 0.05) is 31.9 Å². The molecule has 1 aromatic heterocycles. The van der Waals surface area contributed by atoms with Crippen molar-refractivity contribution in [1.82, 2.24) is 25.3 Å². The second kappa shape index (κ2) is 9.34. The molecule has 6 heteroatoms. The van der Waals surface area contributed by atoms with E-state index in [2.05, 4.69) is 52.7 Å². The maximum Gasteiger partial charge on any atom is 0.242 e. The highest BCUT2D eigenvalue weighted by Gasteiger charge is 2.19. The van der Waals surface area contributed by atoms with Gasteiger partial charge in [-0.2, -0.15) is 5.10 Å². The summed E-state index contributed by atoms with van der Waals surface area (Å²) >= 11 is 0. The zero-order valence-corrected chi connectivity index (χ0v) is 15.6. The van der Waals surface area contributed by atoms with Crippen LogP contribution in [-0.2, 0) is 24.9 Å². The second-order valence-corrected chi connectivity index (χ2v) is 6.17. The van der Waals surface area contributed by atoms with E-state index in [-0.39, 0.29) is 5.91 Å². The zero-order chi connectivity index (χ0) is 18.2. The van der Waals surface area contributed by atoms with E-state index in [0.717, 1.165) is 30.8 Å². The number of carbonyl (C=O) groups excluding carboxylic acids is 1. The fourth-order valence-electron chi connectivity index (χ4n) is 2.87. The van der Waals surface area contributed by atoms with Crippen molar-refractivity contribution in [3.05, 3.63) is 53.3 Å². The second-order valence-electron chi connectivity index (χ2n) is 6.17. The molecule has 1 heterocycles. The van der Waals surface area contributed by atoms with Gasteiger partial charge in [0.1, 0.15) is 6.04 Å². The highest BCUT2D eigenvalue weighted by atomic mass is 16.2. The van der Waals surface area contributed by atoms with Crippen LogP contribution >= 0.6 is 0 Å². The smallest absolute Gasteiger partial charge is 0.242 e. The molecule has 0 aliphatic heterocycles. The predicted octanol–water partition coefficient (Wildman–Crippen LogP) is 1.84. The van der Waals surface area contributed by atoms with Gasteiger partial charge in [0.25, 0.3) is 0 Å². The molecule has 0 spiro atoms. The Labute approximate surface area is 150 Å². The number of nitrogens with zero attached hydrogens (tertiary/aromatic N) is 3. The van der Waals surface area contributed by atoms with Gasteiger partial charge in [-0.1, -0.05) is 38.1 Å². The first-order valence-corrected chi connectivity index (χ1v) is 8.81. The van der Waals surface area contributed by atoms with E-state index in [1.165, 1.54) is 5.56 Å². The van der Waals surface area contributed by atoms with Crippen LogP contribution in [0.15, 0.2) is 36.7 Å². The lowest BCUT2D eigenvalue weighted by Crippen LogP contribution is -2.35. The van der Waals surface area contributed by atoms with Crippen LogP contribution < -0.4 is 10.6 Å².